The smallest absolute Gasteiger partial charge is 0.263 e. The first kappa shape index (κ1) is 19.9. The molecular weight excluding hydrogens is 366 g/mol. The van der Waals surface area contributed by atoms with Crippen molar-refractivity contribution in [3.63, 3.8) is 0 Å². The Labute approximate surface area is 161 Å². The van der Waals surface area contributed by atoms with Gasteiger partial charge < -0.3 is 15.0 Å². The number of nitrogens with zero attached hydrogens (tertiary/aromatic N) is 2. The standard InChI is InChI=1S/C19H29N3O4S/c1-15-8-12-21(13-9-15)11-5-10-20-19(23)18-14-22(27(2,24)25)16-6-3-4-7-17(16)26-18/h3-4,6-7,15,18H,5,8-14H2,1-2H3,(H,20,23)/t18-/m0/s1. The second-order valence-electron chi connectivity index (χ2n) is 7.54. The Bertz CT molecular complexity index is 760. The van der Waals surface area contributed by atoms with Crippen molar-refractivity contribution in [2.75, 3.05) is 43.3 Å². The molecule has 0 aromatic heterocycles. The van der Waals surface area contributed by atoms with Gasteiger partial charge in [0, 0.05) is 6.54 Å². The van der Waals surface area contributed by atoms with E-state index >= 15 is 0 Å². The summed E-state index contributed by atoms with van der Waals surface area (Å²) in [4.78, 5) is 14.9. The molecule has 1 aromatic carbocycles. The summed E-state index contributed by atoms with van der Waals surface area (Å²) in [7, 11) is -3.48. The van der Waals surface area contributed by atoms with E-state index in [0.29, 0.717) is 18.0 Å². The molecule has 1 N–H and O–H groups in total. The minimum Gasteiger partial charge on any atom is -0.476 e. The lowest BCUT2D eigenvalue weighted by molar-refractivity contribution is -0.127. The van der Waals surface area contributed by atoms with E-state index in [1.165, 1.54) is 17.1 Å². The predicted octanol–water partition coefficient (Wildman–Crippen LogP) is 1.45. The number of carbonyl (C=O) groups is 1. The number of piperidine rings is 1. The number of hydrogen-bond acceptors (Lipinski definition) is 5. The Morgan fingerprint density at radius 3 is 2.67 bits per heavy atom. The van der Waals surface area contributed by atoms with Gasteiger partial charge >= 0.3 is 0 Å². The average molecular weight is 396 g/mol. The highest BCUT2D eigenvalue weighted by molar-refractivity contribution is 7.92. The molecule has 1 aromatic rings. The lowest BCUT2D eigenvalue weighted by Crippen LogP contribution is -2.50. The Morgan fingerprint density at radius 2 is 1.96 bits per heavy atom. The van der Waals surface area contributed by atoms with E-state index < -0.39 is 16.1 Å². The van der Waals surface area contributed by atoms with Gasteiger partial charge in [-0.15, -0.1) is 0 Å². The minimum absolute atomic E-state index is 0.00824. The molecule has 1 fully saturated rings. The molecule has 27 heavy (non-hydrogen) atoms. The summed E-state index contributed by atoms with van der Waals surface area (Å²) in [5, 5.41) is 2.89. The molecule has 1 saturated heterocycles. The molecule has 0 spiro atoms. The number of para-hydroxylation sites is 2. The van der Waals surface area contributed by atoms with Crippen molar-refractivity contribution in [2.45, 2.75) is 32.3 Å². The number of rotatable bonds is 6. The number of carbonyl (C=O) groups excluding carboxylic acids is 1. The van der Waals surface area contributed by atoms with Gasteiger partial charge in [-0.3, -0.25) is 9.10 Å². The van der Waals surface area contributed by atoms with Crippen LogP contribution >= 0.6 is 0 Å². The summed E-state index contributed by atoms with van der Waals surface area (Å²) >= 11 is 0. The number of amides is 1. The van der Waals surface area contributed by atoms with E-state index in [0.717, 1.165) is 38.2 Å². The molecule has 0 radical (unpaired) electrons. The molecule has 0 aliphatic carbocycles. The quantitative estimate of drug-likeness (QED) is 0.738. The highest BCUT2D eigenvalue weighted by atomic mass is 32.2. The van der Waals surface area contributed by atoms with Gasteiger partial charge in [0.05, 0.1) is 18.5 Å². The van der Waals surface area contributed by atoms with Crippen LogP contribution < -0.4 is 14.4 Å². The Morgan fingerprint density at radius 1 is 1.26 bits per heavy atom. The largest absolute Gasteiger partial charge is 0.476 e. The third-order valence-corrected chi connectivity index (χ3v) is 6.40. The van der Waals surface area contributed by atoms with Gasteiger partial charge in [-0.25, -0.2) is 8.42 Å². The molecule has 1 amide bonds. The van der Waals surface area contributed by atoms with Crippen LogP contribution in [0.5, 0.6) is 5.75 Å². The fourth-order valence-corrected chi connectivity index (χ4v) is 4.48. The van der Waals surface area contributed by atoms with Gasteiger partial charge in [0.2, 0.25) is 10.0 Å². The summed E-state index contributed by atoms with van der Waals surface area (Å²) in [5.74, 6) is 0.951. The zero-order chi connectivity index (χ0) is 19.4. The van der Waals surface area contributed by atoms with Crippen molar-refractivity contribution in [1.82, 2.24) is 10.2 Å². The van der Waals surface area contributed by atoms with Gasteiger partial charge in [-0.1, -0.05) is 19.1 Å². The third-order valence-electron chi connectivity index (χ3n) is 5.25. The number of sulfonamides is 1. The minimum atomic E-state index is -3.48. The average Bonchev–Trinajstić information content (AvgIpc) is 2.64. The fourth-order valence-electron chi connectivity index (χ4n) is 3.57. The van der Waals surface area contributed by atoms with Crippen LogP contribution in [0.1, 0.15) is 26.2 Å². The van der Waals surface area contributed by atoms with E-state index in [2.05, 4.69) is 17.1 Å². The Hall–Kier alpha value is -1.80. The van der Waals surface area contributed by atoms with Crippen LogP contribution in [0.15, 0.2) is 24.3 Å². The zero-order valence-corrected chi connectivity index (χ0v) is 16.9. The zero-order valence-electron chi connectivity index (χ0n) is 16.1. The molecule has 7 nitrogen and oxygen atoms in total. The lowest BCUT2D eigenvalue weighted by Gasteiger charge is -2.34. The number of anilines is 1. The predicted molar refractivity (Wildman–Crippen MR) is 106 cm³/mol. The van der Waals surface area contributed by atoms with Crippen LogP contribution in [-0.2, 0) is 14.8 Å². The number of nitrogens with one attached hydrogen (secondary N) is 1. The maximum absolute atomic E-state index is 12.5. The van der Waals surface area contributed by atoms with Crippen molar-refractivity contribution in [3.8, 4) is 5.75 Å². The second kappa shape index (κ2) is 8.48. The molecule has 0 bridgehead atoms. The van der Waals surface area contributed by atoms with Crippen LogP contribution in [0.4, 0.5) is 5.69 Å². The van der Waals surface area contributed by atoms with E-state index in [4.69, 9.17) is 4.74 Å². The van der Waals surface area contributed by atoms with Crippen molar-refractivity contribution in [2.24, 2.45) is 5.92 Å². The first-order chi connectivity index (χ1) is 12.8. The first-order valence-corrected chi connectivity index (χ1v) is 11.4. The molecule has 1 atom stereocenters. The molecular formula is C19H29N3O4S. The summed E-state index contributed by atoms with van der Waals surface area (Å²) in [5.41, 5.74) is 0.475. The molecule has 0 unspecified atom stereocenters. The molecule has 8 heteroatoms. The van der Waals surface area contributed by atoms with Gasteiger partial charge in [-0.2, -0.15) is 0 Å². The molecule has 2 heterocycles. The van der Waals surface area contributed by atoms with Crippen molar-refractivity contribution in [1.29, 1.82) is 0 Å². The summed E-state index contributed by atoms with van der Waals surface area (Å²) in [6, 6.07) is 6.88. The number of fused-ring (bicyclic) bond motifs is 1. The molecule has 2 aliphatic rings. The van der Waals surface area contributed by atoms with Crippen LogP contribution in [-0.4, -0.2) is 64.3 Å². The molecule has 3 rings (SSSR count). The highest BCUT2D eigenvalue weighted by Crippen LogP contribution is 2.34. The van der Waals surface area contributed by atoms with Gasteiger partial charge in [0.25, 0.3) is 5.91 Å². The number of hydrogen-bond donors (Lipinski definition) is 1. The SMILES string of the molecule is CC1CCN(CCCNC(=O)[C@@H]2CN(S(C)(=O)=O)c3ccccc3O2)CC1. The number of benzene rings is 1. The Balaban J connectivity index is 1.51. The third kappa shape index (κ3) is 5.13. The van der Waals surface area contributed by atoms with Crippen molar-refractivity contribution >= 4 is 21.6 Å². The van der Waals surface area contributed by atoms with Gasteiger partial charge in [0.15, 0.2) is 6.10 Å². The monoisotopic (exact) mass is 395 g/mol. The summed E-state index contributed by atoms with van der Waals surface area (Å²) in [6.07, 6.45) is 3.65. The number of ether oxygens (including phenoxy) is 1. The topological polar surface area (TPSA) is 79.0 Å². The van der Waals surface area contributed by atoms with E-state index in [9.17, 15) is 13.2 Å². The van der Waals surface area contributed by atoms with Gasteiger partial charge in [-0.05, 0) is 56.9 Å². The lowest BCUT2D eigenvalue weighted by atomic mass is 9.99. The molecule has 2 aliphatic heterocycles. The van der Waals surface area contributed by atoms with E-state index in [1.807, 2.05) is 0 Å². The van der Waals surface area contributed by atoms with E-state index in [-0.39, 0.29) is 12.5 Å². The van der Waals surface area contributed by atoms with Gasteiger partial charge in [0.1, 0.15) is 5.75 Å². The summed E-state index contributed by atoms with van der Waals surface area (Å²) < 4.78 is 31.2. The molecule has 0 saturated carbocycles. The second-order valence-corrected chi connectivity index (χ2v) is 9.44. The Kier molecular flexibility index (Phi) is 6.26. The van der Waals surface area contributed by atoms with Crippen molar-refractivity contribution < 1.29 is 17.9 Å². The fraction of sp³-hybridized carbons (Fsp3) is 0.632. The van der Waals surface area contributed by atoms with Crippen molar-refractivity contribution in [3.05, 3.63) is 24.3 Å². The van der Waals surface area contributed by atoms with Crippen LogP contribution in [0, 0.1) is 5.92 Å². The number of likely N-dealkylation sites (tertiary alicyclic amines) is 1. The van der Waals surface area contributed by atoms with Crippen LogP contribution in [0.25, 0.3) is 0 Å². The first-order valence-electron chi connectivity index (χ1n) is 9.58. The maximum Gasteiger partial charge on any atom is 0.263 e. The highest BCUT2D eigenvalue weighted by Gasteiger charge is 2.34. The normalized spacial score (nSPS) is 21.4. The van der Waals surface area contributed by atoms with Crippen LogP contribution in [0.2, 0.25) is 0 Å². The maximum atomic E-state index is 12.5. The van der Waals surface area contributed by atoms with E-state index in [1.54, 1.807) is 24.3 Å². The summed E-state index contributed by atoms with van der Waals surface area (Å²) in [6.45, 7) is 6.06. The molecule has 150 valence electrons. The van der Waals surface area contributed by atoms with Crippen LogP contribution in [0.3, 0.4) is 0 Å².